The number of anilines is 2. The third kappa shape index (κ3) is 5.40. The van der Waals surface area contributed by atoms with Crippen LogP contribution in [0.1, 0.15) is 30.9 Å². The average molecular weight is 601 g/mol. The van der Waals surface area contributed by atoms with Crippen LogP contribution in [-0.4, -0.2) is 52.1 Å². The first-order valence-corrected chi connectivity index (χ1v) is 14.3. The number of hydrogen-bond acceptors (Lipinski definition) is 8. The van der Waals surface area contributed by atoms with Crippen molar-refractivity contribution < 1.29 is 31.0 Å². The Bertz CT molecular complexity index is 1310. The Kier molecular flexibility index (Phi) is 7.00. The molecular weight excluding hydrogens is 571 g/mol. The molecule has 0 atom stereocenters. The number of fused-ring (bicyclic) bond motifs is 1. The van der Waals surface area contributed by atoms with Crippen LogP contribution in [0.25, 0.3) is 0 Å². The molecule has 0 unspecified atom stereocenters. The number of aliphatic hydroxyl groups is 1. The first kappa shape index (κ1) is 24.7. The van der Waals surface area contributed by atoms with Gasteiger partial charge in [-0.05, 0) is 0 Å². The topological polar surface area (TPSA) is 106 Å². The number of hydrogen-bond donors (Lipinski definition) is 3. The van der Waals surface area contributed by atoms with Crippen LogP contribution in [0.3, 0.4) is 0 Å². The van der Waals surface area contributed by atoms with Crippen molar-refractivity contribution in [1.29, 1.82) is 0 Å². The summed E-state index contributed by atoms with van der Waals surface area (Å²) in [5.41, 5.74) is 3.00. The third-order valence-corrected chi connectivity index (χ3v) is 7.94. The van der Waals surface area contributed by atoms with Crippen LogP contribution in [0, 0.1) is 0 Å². The Morgan fingerprint density at radius 3 is 2.81 bits per heavy atom. The molecule has 2 aromatic rings. The number of amidine groups is 1. The van der Waals surface area contributed by atoms with Crippen molar-refractivity contribution in [2.24, 2.45) is 4.99 Å². The summed E-state index contributed by atoms with van der Waals surface area (Å²) in [5, 5.41) is 13.7. The molecule has 0 spiro atoms. The van der Waals surface area contributed by atoms with Gasteiger partial charge in [-0.1, -0.05) is 0 Å². The number of halogens is 1. The minimum absolute atomic E-state index is 0.204. The van der Waals surface area contributed by atoms with Gasteiger partial charge in [0, 0.05) is 0 Å². The van der Waals surface area contributed by atoms with Gasteiger partial charge < -0.3 is 0 Å². The number of ether oxygens (including phenoxy) is 1. The van der Waals surface area contributed by atoms with Crippen molar-refractivity contribution in [3.05, 3.63) is 84.0 Å². The van der Waals surface area contributed by atoms with Gasteiger partial charge in [-0.15, -0.1) is 0 Å². The van der Waals surface area contributed by atoms with Crippen LogP contribution in [0.4, 0.5) is 11.4 Å². The number of nitrogens with one attached hydrogen (secondary N) is 2. The maximum absolute atomic E-state index is 12.8. The molecule has 4 heterocycles. The predicted octanol–water partition coefficient (Wildman–Crippen LogP) is -0.368. The Morgan fingerprint density at radius 2 is 2.06 bits per heavy atom. The standard InChI is InChI=1S/C26H30IN6O3/c1-17-16-36-13-12-33(17)19-6-4-18(5-7-19)28-22-14-27-10-8-23(30-22)32-11-9-21-20(15-32)24(34)31-25(29-21)26(2,3)35/h4-8,10,14,28,35H,1,9,11-13,15-16H2,2-3H3,(H,29,31,34)/q-1. The monoisotopic (exact) mass is 601 g/mol. The fourth-order valence-corrected chi connectivity index (χ4v) is 5.65. The van der Waals surface area contributed by atoms with E-state index in [-0.39, 0.29) is 26.8 Å². The molecule has 3 aliphatic heterocycles. The van der Waals surface area contributed by atoms with Gasteiger partial charge in [0.2, 0.25) is 0 Å². The van der Waals surface area contributed by atoms with E-state index in [0.717, 1.165) is 41.0 Å². The molecule has 36 heavy (non-hydrogen) atoms. The molecule has 0 aliphatic carbocycles. The summed E-state index contributed by atoms with van der Waals surface area (Å²) in [7, 11) is 0. The van der Waals surface area contributed by atoms with Gasteiger partial charge in [0.1, 0.15) is 0 Å². The zero-order valence-electron chi connectivity index (χ0n) is 20.4. The van der Waals surface area contributed by atoms with Crippen LogP contribution in [0.2, 0.25) is 0 Å². The van der Waals surface area contributed by atoms with E-state index in [9.17, 15) is 9.90 Å². The van der Waals surface area contributed by atoms with Gasteiger partial charge >= 0.3 is 221 Å². The van der Waals surface area contributed by atoms with E-state index in [1.807, 2.05) is 18.2 Å². The van der Waals surface area contributed by atoms with Crippen LogP contribution in [0.15, 0.2) is 66.4 Å². The van der Waals surface area contributed by atoms with Crippen molar-refractivity contribution in [3.63, 3.8) is 0 Å². The zero-order chi connectivity index (χ0) is 25.3. The van der Waals surface area contributed by atoms with Gasteiger partial charge in [-0.3, -0.25) is 0 Å². The van der Waals surface area contributed by atoms with E-state index in [2.05, 4.69) is 52.0 Å². The van der Waals surface area contributed by atoms with Gasteiger partial charge in [0.05, 0.1) is 0 Å². The van der Waals surface area contributed by atoms with Crippen molar-refractivity contribution in [2.45, 2.75) is 32.4 Å². The van der Waals surface area contributed by atoms with Gasteiger partial charge in [0.15, 0.2) is 0 Å². The Balaban J connectivity index is 1.31. The normalized spacial score (nSPS) is 18.6. The zero-order valence-corrected chi connectivity index (χ0v) is 22.6. The summed E-state index contributed by atoms with van der Waals surface area (Å²) in [4.78, 5) is 29.2. The summed E-state index contributed by atoms with van der Waals surface area (Å²) >= 11 is -0.290. The second-order valence-corrected chi connectivity index (χ2v) is 11.5. The Labute approximate surface area is 220 Å². The quantitative estimate of drug-likeness (QED) is 0.411. The maximum atomic E-state index is 12.8. The molecule has 1 aromatic carbocycles. The third-order valence-electron chi connectivity index (χ3n) is 6.22. The van der Waals surface area contributed by atoms with Gasteiger partial charge in [-0.25, -0.2) is 0 Å². The van der Waals surface area contributed by atoms with Crippen LogP contribution in [-0.2, 0) is 23.3 Å². The summed E-state index contributed by atoms with van der Waals surface area (Å²) in [6.45, 7) is 10.5. The summed E-state index contributed by atoms with van der Waals surface area (Å²) in [5.74, 6) is 1.93. The van der Waals surface area contributed by atoms with E-state index < -0.39 is 5.60 Å². The number of aromatic nitrogens is 2. The van der Waals surface area contributed by atoms with Crippen LogP contribution >= 0.6 is 0 Å². The molecule has 3 N–H and O–H groups in total. The van der Waals surface area contributed by atoms with Gasteiger partial charge in [-0.2, -0.15) is 0 Å². The molecule has 0 amide bonds. The van der Waals surface area contributed by atoms with Crippen LogP contribution < -0.4 is 37.0 Å². The minimum atomic E-state index is -1.19. The number of rotatable bonds is 4. The molecule has 0 saturated carbocycles. The van der Waals surface area contributed by atoms with Crippen molar-refractivity contribution in [3.8, 4) is 0 Å². The molecule has 1 fully saturated rings. The number of nitrogens with zero attached hydrogens (tertiary/aromatic N) is 4. The molecular formula is C26H30IN6O3-. The van der Waals surface area contributed by atoms with Crippen molar-refractivity contribution in [2.75, 3.05) is 36.5 Å². The van der Waals surface area contributed by atoms with Crippen molar-refractivity contribution in [1.82, 2.24) is 14.9 Å². The molecule has 1 saturated heterocycles. The second-order valence-electron chi connectivity index (χ2n) is 9.40. The summed E-state index contributed by atoms with van der Waals surface area (Å²) in [6, 6.07) is 8.26. The summed E-state index contributed by atoms with van der Waals surface area (Å²) < 4.78 is 9.79. The predicted molar refractivity (Wildman–Crippen MR) is 136 cm³/mol. The Hall–Kier alpha value is -2.96. The van der Waals surface area contributed by atoms with Gasteiger partial charge in [0.25, 0.3) is 0 Å². The first-order valence-electron chi connectivity index (χ1n) is 11.9. The van der Waals surface area contributed by atoms with E-state index in [1.165, 1.54) is 0 Å². The molecule has 5 rings (SSSR count). The molecule has 3 aliphatic rings. The fourth-order valence-electron chi connectivity index (χ4n) is 4.28. The number of aliphatic imine (C=N–C) groups is 1. The van der Waals surface area contributed by atoms with E-state index in [1.54, 1.807) is 13.8 Å². The summed E-state index contributed by atoms with van der Waals surface area (Å²) in [6.07, 6.45) is 2.66. The average Bonchev–Trinajstić information content (AvgIpc) is 3.10. The van der Waals surface area contributed by atoms with Crippen molar-refractivity contribution >= 4 is 17.2 Å². The number of morpholine rings is 1. The van der Waals surface area contributed by atoms with E-state index in [4.69, 9.17) is 9.73 Å². The number of aromatic amines is 1. The molecule has 0 radical (unpaired) electrons. The van der Waals surface area contributed by atoms with E-state index in [0.29, 0.717) is 44.1 Å². The van der Waals surface area contributed by atoms with E-state index >= 15 is 0 Å². The molecule has 190 valence electrons. The Morgan fingerprint density at radius 1 is 1.25 bits per heavy atom. The first-order chi connectivity index (χ1) is 17.3. The molecule has 9 nitrogen and oxygen atoms in total. The molecule has 0 bridgehead atoms. The fraction of sp³-hybridized carbons (Fsp3) is 0.346. The molecule has 1 aromatic heterocycles. The SMILES string of the molecule is C=C1COCCN1c1ccc(NC2=C[I-]C=CC(N3CCc4nc(C(C)(C)O)[nH]c(=O)c4C3)=N2)cc1. The number of benzene rings is 1. The van der Waals surface area contributed by atoms with Crippen LogP contribution in [0.5, 0.6) is 0 Å². The number of H-pyrrole nitrogens is 1. The second kappa shape index (κ2) is 10.2. The molecule has 10 heteroatoms.